The first-order valence-electron chi connectivity index (χ1n) is 6.56. The van der Waals surface area contributed by atoms with Crippen LogP contribution in [-0.2, 0) is 0 Å². The van der Waals surface area contributed by atoms with E-state index in [1.165, 1.54) is 6.07 Å². The number of nitrogens with one attached hydrogen (secondary N) is 1. The van der Waals surface area contributed by atoms with Crippen LogP contribution >= 0.6 is 11.6 Å². The molecular formula is C16H16ClF2N. The second kappa shape index (κ2) is 6.82. The summed E-state index contributed by atoms with van der Waals surface area (Å²) in [6.07, 6.45) is 0.887. The lowest BCUT2D eigenvalue weighted by Crippen LogP contribution is -2.24. The number of hydrogen-bond acceptors (Lipinski definition) is 1. The Bertz CT molecular complexity index is 586. The fourth-order valence-corrected chi connectivity index (χ4v) is 2.37. The number of rotatable bonds is 5. The predicted molar refractivity (Wildman–Crippen MR) is 77.9 cm³/mol. The minimum absolute atomic E-state index is 0.270. The molecule has 0 spiro atoms. The zero-order valence-corrected chi connectivity index (χ0v) is 11.9. The normalized spacial score (nSPS) is 12.4. The maximum atomic E-state index is 14.0. The van der Waals surface area contributed by atoms with Gasteiger partial charge in [0.05, 0.1) is 6.04 Å². The largest absolute Gasteiger partial charge is 0.306 e. The maximum absolute atomic E-state index is 14.0. The Kier molecular flexibility index (Phi) is 5.10. The summed E-state index contributed by atoms with van der Waals surface area (Å²) in [5.74, 6) is -1.68. The van der Waals surface area contributed by atoms with Crippen molar-refractivity contribution in [3.05, 3.63) is 70.2 Å². The third-order valence-electron chi connectivity index (χ3n) is 3.11. The van der Waals surface area contributed by atoms with Crippen LogP contribution in [0.3, 0.4) is 0 Å². The molecule has 0 aliphatic rings. The maximum Gasteiger partial charge on any atom is 0.163 e. The van der Waals surface area contributed by atoms with Gasteiger partial charge in [-0.15, -0.1) is 0 Å². The van der Waals surface area contributed by atoms with Crippen LogP contribution < -0.4 is 5.32 Å². The van der Waals surface area contributed by atoms with E-state index in [4.69, 9.17) is 11.6 Å². The molecule has 0 aliphatic carbocycles. The van der Waals surface area contributed by atoms with Crippen LogP contribution in [0.15, 0.2) is 42.5 Å². The Hall–Kier alpha value is -1.45. The highest BCUT2D eigenvalue weighted by Gasteiger charge is 2.21. The standard InChI is InChI=1S/C16H16ClF2N/c1-2-10-20-16(11-6-3-4-8-13(11)17)12-7-5-9-14(18)15(12)19/h3-9,16,20H,2,10H2,1H3. The summed E-state index contributed by atoms with van der Waals surface area (Å²) < 4.78 is 27.5. The fourth-order valence-electron chi connectivity index (χ4n) is 2.13. The quantitative estimate of drug-likeness (QED) is 0.842. The molecule has 2 aromatic rings. The number of hydrogen-bond donors (Lipinski definition) is 1. The van der Waals surface area contributed by atoms with Gasteiger partial charge in [-0.25, -0.2) is 8.78 Å². The molecule has 0 fully saturated rings. The van der Waals surface area contributed by atoms with E-state index < -0.39 is 17.7 Å². The van der Waals surface area contributed by atoms with Gasteiger partial charge >= 0.3 is 0 Å². The van der Waals surface area contributed by atoms with E-state index in [2.05, 4.69) is 5.32 Å². The molecule has 0 heterocycles. The molecule has 20 heavy (non-hydrogen) atoms. The molecule has 0 amide bonds. The van der Waals surface area contributed by atoms with Crippen LogP contribution in [-0.4, -0.2) is 6.54 Å². The highest BCUT2D eigenvalue weighted by atomic mass is 35.5. The molecule has 0 radical (unpaired) electrons. The zero-order chi connectivity index (χ0) is 14.5. The van der Waals surface area contributed by atoms with E-state index in [1.54, 1.807) is 12.1 Å². The van der Waals surface area contributed by atoms with E-state index in [0.717, 1.165) is 18.1 Å². The Labute approximate surface area is 122 Å². The summed E-state index contributed by atoms with van der Waals surface area (Å²) in [6, 6.07) is 10.9. The first kappa shape index (κ1) is 14.9. The summed E-state index contributed by atoms with van der Waals surface area (Å²) in [5.41, 5.74) is 1.01. The van der Waals surface area contributed by atoms with Crippen molar-refractivity contribution >= 4 is 11.6 Å². The minimum atomic E-state index is -0.849. The van der Waals surface area contributed by atoms with E-state index in [-0.39, 0.29) is 5.56 Å². The molecule has 0 saturated carbocycles. The van der Waals surface area contributed by atoms with E-state index in [1.807, 2.05) is 25.1 Å². The SMILES string of the molecule is CCCNC(c1ccccc1Cl)c1cccc(F)c1F. The molecule has 1 atom stereocenters. The van der Waals surface area contributed by atoms with E-state index >= 15 is 0 Å². The van der Waals surface area contributed by atoms with Crippen LogP contribution in [0.4, 0.5) is 8.78 Å². The van der Waals surface area contributed by atoms with Crippen molar-refractivity contribution in [2.75, 3.05) is 6.54 Å². The van der Waals surface area contributed by atoms with Crippen LogP contribution in [0.5, 0.6) is 0 Å². The van der Waals surface area contributed by atoms with E-state index in [0.29, 0.717) is 11.6 Å². The first-order chi connectivity index (χ1) is 9.65. The van der Waals surface area contributed by atoms with Crippen molar-refractivity contribution < 1.29 is 8.78 Å². The Balaban J connectivity index is 2.47. The van der Waals surface area contributed by atoms with Crippen LogP contribution in [0, 0.1) is 11.6 Å². The van der Waals surface area contributed by atoms with Crippen molar-refractivity contribution in [2.24, 2.45) is 0 Å². The second-order valence-electron chi connectivity index (χ2n) is 4.55. The Morgan fingerprint density at radius 1 is 1.05 bits per heavy atom. The Morgan fingerprint density at radius 2 is 1.75 bits per heavy atom. The summed E-state index contributed by atoms with van der Waals surface area (Å²) in [4.78, 5) is 0. The van der Waals surface area contributed by atoms with Gasteiger partial charge in [0.15, 0.2) is 11.6 Å². The second-order valence-corrected chi connectivity index (χ2v) is 4.96. The molecule has 1 unspecified atom stereocenters. The molecule has 0 bridgehead atoms. The van der Waals surface area contributed by atoms with Crippen LogP contribution in [0.25, 0.3) is 0 Å². The molecule has 2 rings (SSSR count). The number of halogens is 3. The zero-order valence-electron chi connectivity index (χ0n) is 11.2. The van der Waals surface area contributed by atoms with Gasteiger partial charge in [-0.3, -0.25) is 0 Å². The molecule has 0 aliphatic heterocycles. The highest BCUT2D eigenvalue weighted by Crippen LogP contribution is 2.30. The van der Waals surface area contributed by atoms with Crippen LogP contribution in [0.1, 0.15) is 30.5 Å². The smallest absolute Gasteiger partial charge is 0.163 e. The van der Waals surface area contributed by atoms with Gasteiger partial charge in [0, 0.05) is 10.6 Å². The lowest BCUT2D eigenvalue weighted by molar-refractivity contribution is 0.480. The molecule has 0 saturated heterocycles. The lowest BCUT2D eigenvalue weighted by Gasteiger charge is -2.21. The lowest BCUT2D eigenvalue weighted by atomic mass is 9.97. The topological polar surface area (TPSA) is 12.0 Å². The fraction of sp³-hybridized carbons (Fsp3) is 0.250. The summed E-state index contributed by atoms with van der Waals surface area (Å²) in [5, 5.41) is 3.75. The van der Waals surface area contributed by atoms with E-state index in [9.17, 15) is 8.78 Å². The third-order valence-corrected chi connectivity index (χ3v) is 3.45. The molecule has 1 N–H and O–H groups in total. The van der Waals surface area contributed by atoms with Gasteiger partial charge in [0.25, 0.3) is 0 Å². The summed E-state index contributed by atoms with van der Waals surface area (Å²) in [6.45, 7) is 2.70. The van der Waals surface area contributed by atoms with Crippen LogP contribution in [0.2, 0.25) is 5.02 Å². The monoisotopic (exact) mass is 295 g/mol. The highest BCUT2D eigenvalue weighted by molar-refractivity contribution is 6.31. The number of benzene rings is 2. The molecule has 0 aromatic heterocycles. The predicted octanol–water partition coefficient (Wildman–Crippen LogP) is 4.71. The average Bonchev–Trinajstić information content (AvgIpc) is 2.45. The first-order valence-corrected chi connectivity index (χ1v) is 6.94. The molecular weight excluding hydrogens is 280 g/mol. The Morgan fingerprint density at radius 3 is 2.45 bits per heavy atom. The van der Waals surface area contributed by atoms with Crippen molar-refractivity contribution in [2.45, 2.75) is 19.4 Å². The molecule has 1 nitrogen and oxygen atoms in total. The van der Waals surface area contributed by atoms with Gasteiger partial charge in [-0.05, 0) is 30.7 Å². The summed E-state index contributed by atoms with van der Waals surface area (Å²) >= 11 is 6.18. The summed E-state index contributed by atoms with van der Waals surface area (Å²) in [7, 11) is 0. The van der Waals surface area contributed by atoms with Gasteiger partial charge in [-0.2, -0.15) is 0 Å². The van der Waals surface area contributed by atoms with Gasteiger partial charge < -0.3 is 5.32 Å². The van der Waals surface area contributed by atoms with Crippen molar-refractivity contribution in [3.8, 4) is 0 Å². The van der Waals surface area contributed by atoms with Crippen molar-refractivity contribution in [1.29, 1.82) is 0 Å². The van der Waals surface area contributed by atoms with Crippen molar-refractivity contribution in [1.82, 2.24) is 5.32 Å². The van der Waals surface area contributed by atoms with Gasteiger partial charge in [0.2, 0.25) is 0 Å². The molecule has 106 valence electrons. The average molecular weight is 296 g/mol. The third kappa shape index (κ3) is 3.17. The molecule has 4 heteroatoms. The molecule has 2 aromatic carbocycles. The van der Waals surface area contributed by atoms with Gasteiger partial charge in [-0.1, -0.05) is 48.9 Å². The van der Waals surface area contributed by atoms with Gasteiger partial charge in [0.1, 0.15) is 0 Å². The van der Waals surface area contributed by atoms with Crippen molar-refractivity contribution in [3.63, 3.8) is 0 Å². The minimum Gasteiger partial charge on any atom is -0.306 e.